The van der Waals surface area contributed by atoms with E-state index in [9.17, 15) is 0 Å². The Morgan fingerprint density at radius 1 is 1.21 bits per heavy atom. The van der Waals surface area contributed by atoms with Gasteiger partial charge in [-0.1, -0.05) is 40.7 Å². The first kappa shape index (κ1) is 30.6. The molecule has 0 saturated heterocycles. The number of methoxy groups -OCH3 is 1. The molecule has 0 unspecified atom stereocenters. The average Bonchev–Trinajstić information content (AvgIpc) is 3.26. The van der Waals surface area contributed by atoms with Crippen molar-refractivity contribution in [2.24, 2.45) is 5.92 Å². The van der Waals surface area contributed by atoms with Gasteiger partial charge < -0.3 is 30.0 Å². The van der Waals surface area contributed by atoms with E-state index >= 15 is 4.39 Å². The number of fused-ring (bicyclic) bond motifs is 1. The third-order valence-electron chi connectivity index (χ3n) is 5.53. The molecule has 1 aromatic carbocycles. The van der Waals surface area contributed by atoms with Crippen LogP contribution in [-0.2, 0) is 4.74 Å². The van der Waals surface area contributed by atoms with Gasteiger partial charge in [0.2, 0.25) is 0 Å². The number of hydrogen-bond donors (Lipinski definition) is 3. The van der Waals surface area contributed by atoms with E-state index in [4.69, 9.17) is 9.47 Å². The molecular formula is C29H43FN6O2. The number of benzene rings is 1. The van der Waals surface area contributed by atoms with Gasteiger partial charge in [0.25, 0.3) is 0 Å². The zero-order chi connectivity index (χ0) is 28.2. The van der Waals surface area contributed by atoms with Crippen LogP contribution in [0.15, 0.2) is 48.3 Å². The number of halogens is 1. The van der Waals surface area contributed by atoms with E-state index in [1.54, 1.807) is 25.3 Å². The van der Waals surface area contributed by atoms with Crippen LogP contribution in [0.3, 0.4) is 0 Å². The van der Waals surface area contributed by atoms with E-state index in [0.717, 1.165) is 11.4 Å². The summed E-state index contributed by atoms with van der Waals surface area (Å²) in [5.74, 6) is 1.00. The van der Waals surface area contributed by atoms with Gasteiger partial charge in [0.15, 0.2) is 11.6 Å². The summed E-state index contributed by atoms with van der Waals surface area (Å²) in [5, 5.41) is 6.85. The smallest absolute Gasteiger partial charge is 0.326 e. The molecule has 2 heterocycles. The van der Waals surface area contributed by atoms with E-state index in [0.29, 0.717) is 53.8 Å². The third kappa shape index (κ3) is 8.48. The van der Waals surface area contributed by atoms with Crippen molar-refractivity contribution >= 4 is 22.5 Å². The van der Waals surface area contributed by atoms with Crippen molar-refractivity contribution in [3.05, 3.63) is 59.8 Å². The average molecular weight is 527 g/mol. The molecule has 0 spiro atoms. The first-order valence-corrected chi connectivity index (χ1v) is 13.1. The molecule has 0 aliphatic carbocycles. The van der Waals surface area contributed by atoms with Crippen LogP contribution in [0.4, 0.5) is 16.0 Å². The van der Waals surface area contributed by atoms with Gasteiger partial charge in [-0.05, 0) is 44.0 Å². The molecule has 0 saturated carbocycles. The number of aryl methyl sites for hydroxylation is 1. The molecule has 0 bridgehead atoms. The maximum absolute atomic E-state index is 15.2. The van der Waals surface area contributed by atoms with Crippen LogP contribution in [0.1, 0.15) is 46.7 Å². The number of ether oxygens (including phenoxy) is 2. The summed E-state index contributed by atoms with van der Waals surface area (Å²) < 4.78 is 26.3. The minimum atomic E-state index is -0.468. The van der Waals surface area contributed by atoms with Gasteiger partial charge in [0.05, 0.1) is 6.61 Å². The minimum absolute atomic E-state index is 0.0286. The lowest BCUT2D eigenvalue weighted by atomic mass is 10.1. The number of likely N-dealkylation sites (N-methyl/N-ethyl adjacent to an activating group) is 1. The summed E-state index contributed by atoms with van der Waals surface area (Å²) in [4.78, 5) is 14.2. The fourth-order valence-electron chi connectivity index (χ4n) is 3.70. The van der Waals surface area contributed by atoms with Crippen LogP contribution in [0.5, 0.6) is 11.8 Å². The van der Waals surface area contributed by atoms with Crippen molar-refractivity contribution < 1.29 is 13.9 Å². The summed E-state index contributed by atoms with van der Waals surface area (Å²) in [5.41, 5.74) is 3.25. The Kier molecular flexibility index (Phi) is 12.1. The number of aromatic nitrogens is 3. The summed E-state index contributed by atoms with van der Waals surface area (Å²) in [6, 6.07) is 6.94. The van der Waals surface area contributed by atoms with Crippen LogP contribution in [0.2, 0.25) is 0 Å². The van der Waals surface area contributed by atoms with Crippen molar-refractivity contribution in [3.63, 3.8) is 0 Å². The quantitative estimate of drug-likeness (QED) is 0.224. The zero-order valence-electron chi connectivity index (χ0n) is 24.0. The Labute approximate surface area is 226 Å². The van der Waals surface area contributed by atoms with Gasteiger partial charge in [-0.3, -0.25) is 0 Å². The summed E-state index contributed by atoms with van der Waals surface area (Å²) >= 11 is 0. The maximum atomic E-state index is 15.2. The second kappa shape index (κ2) is 15.0. The van der Waals surface area contributed by atoms with Crippen molar-refractivity contribution in [3.8, 4) is 11.8 Å². The van der Waals surface area contributed by atoms with Crippen molar-refractivity contribution in [2.45, 2.75) is 48.0 Å². The molecule has 208 valence electrons. The highest BCUT2D eigenvalue weighted by Crippen LogP contribution is 2.31. The number of H-pyrrole nitrogens is 1. The molecule has 3 rings (SSSR count). The Hall–Kier alpha value is -3.59. The molecule has 0 aliphatic heterocycles. The van der Waals surface area contributed by atoms with Gasteiger partial charge in [0, 0.05) is 61.3 Å². The highest BCUT2D eigenvalue weighted by molar-refractivity contribution is 5.82. The first-order valence-electron chi connectivity index (χ1n) is 13.1. The van der Waals surface area contributed by atoms with E-state index in [2.05, 4.69) is 59.9 Å². The van der Waals surface area contributed by atoms with Crippen molar-refractivity contribution in [1.82, 2.24) is 20.3 Å². The molecule has 0 amide bonds. The van der Waals surface area contributed by atoms with Crippen molar-refractivity contribution in [1.29, 1.82) is 0 Å². The van der Waals surface area contributed by atoms with Crippen LogP contribution in [0.25, 0.3) is 10.9 Å². The molecule has 3 N–H and O–H groups in total. The fourth-order valence-corrected chi connectivity index (χ4v) is 3.70. The molecule has 0 radical (unpaired) electrons. The van der Waals surface area contributed by atoms with E-state index in [-0.39, 0.29) is 11.8 Å². The topological polar surface area (TPSA) is 87.3 Å². The van der Waals surface area contributed by atoms with Gasteiger partial charge in [-0.2, -0.15) is 9.97 Å². The van der Waals surface area contributed by atoms with Crippen LogP contribution < -0.4 is 20.3 Å². The van der Waals surface area contributed by atoms with E-state index in [1.807, 2.05) is 37.9 Å². The lowest BCUT2D eigenvalue weighted by Gasteiger charge is -2.22. The maximum Gasteiger partial charge on any atom is 0.326 e. The molecule has 0 aliphatic rings. The Morgan fingerprint density at radius 3 is 2.53 bits per heavy atom. The Morgan fingerprint density at radius 2 is 1.92 bits per heavy atom. The van der Waals surface area contributed by atoms with Gasteiger partial charge in [-0.25, -0.2) is 4.39 Å². The summed E-state index contributed by atoms with van der Waals surface area (Å²) in [7, 11) is 3.53. The lowest BCUT2D eigenvalue weighted by Crippen LogP contribution is -2.28. The first-order chi connectivity index (χ1) is 18.2. The minimum Gasteiger partial charge on any atom is -0.421 e. The molecule has 38 heavy (non-hydrogen) atoms. The second-order valence-corrected chi connectivity index (χ2v) is 9.22. The van der Waals surface area contributed by atoms with E-state index < -0.39 is 5.82 Å². The number of hydrogen-bond acceptors (Lipinski definition) is 7. The lowest BCUT2D eigenvalue weighted by molar-refractivity contribution is 0.205. The van der Waals surface area contributed by atoms with E-state index in [1.165, 1.54) is 6.42 Å². The molecule has 0 fully saturated rings. The molecule has 9 heteroatoms. The molecule has 2 aromatic heterocycles. The normalized spacial score (nSPS) is 11.3. The number of nitrogens with one attached hydrogen (secondary N) is 3. The second-order valence-electron chi connectivity index (χ2n) is 9.22. The van der Waals surface area contributed by atoms with Crippen molar-refractivity contribution in [2.75, 3.05) is 44.1 Å². The highest BCUT2D eigenvalue weighted by Gasteiger charge is 2.16. The van der Waals surface area contributed by atoms with Crippen LogP contribution in [-0.4, -0.2) is 48.8 Å². The monoisotopic (exact) mass is 526 g/mol. The fraction of sp³-hybridized carbons (Fsp3) is 0.448. The zero-order valence-corrected chi connectivity index (χ0v) is 24.0. The number of rotatable bonds is 12. The molecule has 3 aromatic rings. The largest absolute Gasteiger partial charge is 0.421 e. The number of anilines is 2. The number of aromatic amines is 1. The number of nitrogens with zero attached hydrogens (tertiary/aromatic N) is 3. The standard InChI is InChI=1S/C26H35FN6O2.C3H8/c1-8-33(11-12-34-7)24-15-23(30-18(5)14-21(28-6)16(2)3)31-26(32-24)35-22-10-9-20-19(25(22)27)13-17(4)29-20;1-3-2/h9-10,13-16,28-29H,5,8,11-12H2,1-4,6-7H3,(H,30,31,32);3H2,1-2H3/b21-14-;. The molecular weight excluding hydrogens is 483 g/mol. The SMILES string of the molecule is C=C(/C=C(\NC)C(C)C)Nc1cc(N(CC)CCOC)nc(Oc2ccc3[nH]c(C)cc3c2F)n1.CCC. The summed E-state index contributed by atoms with van der Waals surface area (Å²) in [6.07, 6.45) is 3.18. The van der Waals surface area contributed by atoms with Gasteiger partial charge in [-0.15, -0.1) is 0 Å². The van der Waals surface area contributed by atoms with Gasteiger partial charge in [0.1, 0.15) is 11.6 Å². The Bertz CT molecular complexity index is 1220. The van der Waals surface area contributed by atoms with Crippen LogP contribution in [0, 0.1) is 18.7 Å². The molecule has 0 atom stereocenters. The number of allylic oxidation sites excluding steroid dienone is 2. The van der Waals surface area contributed by atoms with Gasteiger partial charge >= 0.3 is 6.01 Å². The summed E-state index contributed by atoms with van der Waals surface area (Å²) in [6.45, 7) is 18.3. The highest BCUT2D eigenvalue weighted by atomic mass is 19.1. The third-order valence-corrected chi connectivity index (χ3v) is 5.53. The molecule has 8 nitrogen and oxygen atoms in total. The predicted octanol–water partition coefficient (Wildman–Crippen LogP) is 6.77. The Balaban J connectivity index is 0.00000161. The predicted molar refractivity (Wildman–Crippen MR) is 156 cm³/mol. The van der Waals surface area contributed by atoms with Crippen LogP contribution >= 0.6 is 0 Å².